The van der Waals surface area contributed by atoms with Crippen molar-refractivity contribution in [3.8, 4) is 11.4 Å². The Morgan fingerprint density at radius 2 is 1.64 bits per heavy atom. The second-order valence-electron chi connectivity index (χ2n) is 6.26. The molecule has 2 heterocycles. The van der Waals surface area contributed by atoms with Gasteiger partial charge in [-0.25, -0.2) is 0 Å². The molecule has 4 rings (SSSR count). The molecule has 0 saturated carbocycles. The zero-order valence-electron chi connectivity index (χ0n) is 15.1. The summed E-state index contributed by atoms with van der Waals surface area (Å²) in [6.45, 7) is 0. The summed E-state index contributed by atoms with van der Waals surface area (Å²) in [4.78, 5) is 20.6. The van der Waals surface area contributed by atoms with Gasteiger partial charge in [0.25, 0.3) is 5.91 Å². The minimum absolute atomic E-state index is 0.182. The van der Waals surface area contributed by atoms with E-state index in [1.165, 1.54) is 5.56 Å². The molecular weight excluding hydrogens is 352 g/mol. The number of anilines is 1. The van der Waals surface area contributed by atoms with Crippen LogP contribution in [0.25, 0.3) is 11.4 Å². The number of carbonyl (C=O) groups excluding carboxylic acids is 1. The van der Waals surface area contributed by atoms with Gasteiger partial charge >= 0.3 is 0 Å². The number of nitrogens with zero attached hydrogens (tertiary/aromatic N) is 3. The fourth-order valence-electron chi connectivity index (χ4n) is 2.78. The van der Waals surface area contributed by atoms with Gasteiger partial charge in [-0.2, -0.15) is 4.98 Å². The number of pyridine rings is 1. The minimum Gasteiger partial charge on any atom is -0.339 e. The van der Waals surface area contributed by atoms with E-state index in [4.69, 9.17) is 4.52 Å². The summed E-state index contributed by atoms with van der Waals surface area (Å²) < 4.78 is 5.36. The maximum Gasteiger partial charge on any atom is 0.255 e. The zero-order chi connectivity index (χ0) is 19.2. The van der Waals surface area contributed by atoms with Crippen molar-refractivity contribution >= 4 is 11.6 Å². The molecule has 0 radical (unpaired) electrons. The topological polar surface area (TPSA) is 80.9 Å². The Hall–Kier alpha value is -3.80. The van der Waals surface area contributed by atoms with Crippen LogP contribution in [0, 0.1) is 0 Å². The molecule has 0 aliphatic carbocycles. The number of rotatable bonds is 6. The molecule has 1 N–H and O–H groups in total. The van der Waals surface area contributed by atoms with Crippen LogP contribution in [0.15, 0.2) is 83.6 Å². The second-order valence-corrected chi connectivity index (χ2v) is 6.26. The standard InChI is InChI=1S/C22H18N4O2/c27-22(18-12-14-23-15-13-18)24-19-9-7-17(8-10-19)21-25-20(28-26-21)11-6-16-4-2-1-3-5-16/h1-5,7-10,12-15H,6,11H2,(H,24,27). The Labute approximate surface area is 162 Å². The number of carbonyl (C=O) groups is 1. The minimum atomic E-state index is -0.182. The third kappa shape index (κ3) is 4.29. The summed E-state index contributed by atoms with van der Waals surface area (Å²) in [5, 5.41) is 6.91. The van der Waals surface area contributed by atoms with Crippen LogP contribution in [0.5, 0.6) is 0 Å². The molecule has 0 aliphatic heterocycles. The van der Waals surface area contributed by atoms with Crippen molar-refractivity contribution in [1.29, 1.82) is 0 Å². The van der Waals surface area contributed by atoms with Crippen molar-refractivity contribution in [3.05, 3.63) is 96.1 Å². The maximum atomic E-state index is 12.2. The van der Waals surface area contributed by atoms with E-state index < -0.39 is 0 Å². The first kappa shape index (κ1) is 17.6. The molecule has 0 unspecified atom stereocenters. The number of hydrogen-bond acceptors (Lipinski definition) is 5. The molecule has 0 saturated heterocycles. The van der Waals surface area contributed by atoms with E-state index >= 15 is 0 Å². The van der Waals surface area contributed by atoms with E-state index in [-0.39, 0.29) is 5.91 Å². The molecular formula is C22H18N4O2. The van der Waals surface area contributed by atoms with Crippen LogP contribution >= 0.6 is 0 Å². The van der Waals surface area contributed by atoms with Crippen molar-refractivity contribution in [3.63, 3.8) is 0 Å². The Kier molecular flexibility index (Phi) is 5.20. The lowest BCUT2D eigenvalue weighted by molar-refractivity contribution is 0.102. The number of nitrogens with one attached hydrogen (secondary N) is 1. The molecule has 4 aromatic rings. The largest absolute Gasteiger partial charge is 0.339 e. The molecule has 2 aromatic heterocycles. The first-order chi connectivity index (χ1) is 13.8. The average Bonchev–Trinajstić information content (AvgIpc) is 3.23. The Morgan fingerprint density at radius 3 is 2.39 bits per heavy atom. The lowest BCUT2D eigenvalue weighted by Gasteiger charge is -2.05. The van der Waals surface area contributed by atoms with Gasteiger partial charge in [-0.1, -0.05) is 35.5 Å². The molecule has 0 aliphatic rings. The van der Waals surface area contributed by atoms with Crippen LogP contribution in [-0.4, -0.2) is 21.0 Å². The number of amides is 1. The van der Waals surface area contributed by atoms with Crippen LogP contribution < -0.4 is 5.32 Å². The van der Waals surface area contributed by atoms with Gasteiger partial charge in [-0.3, -0.25) is 9.78 Å². The summed E-state index contributed by atoms with van der Waals surface area (Å²) in [6.07, 6.45) is 4.72. The van der Waals surface area contributed by atoms with Crippen molar-refractivity contribution in [2.45, 2.75) is 12.8 Å². The number of hydrogen-bond donors (Lipinski definition) is 1. The quantitative estimate of drug-likeness (QED) is 0.551. The van der Waals surface area contributed by atoms with Gasteiger partial charge in [-0.05, 0) is 48.4 Å². The first-order valence-corrected chi connectivity index (χ1v) is 8.96. The normalized spacial score (nSPS) is 10.6. The number of aromatic nitrogens is 3. The van der Waals surface area contributed by atoms with E-state index in [2.05, 4.69) is 32.6 Å². The van der Waals surface area contributed by atoms with Gasteiger partial charge in [-0.15, -0.1) is 0 Å². The molecule has 138 valence electrons. The van der Waals surface area contributed by atoms with Crippen LogP contribution in [-0.2, 0) is 12.8 Å². The third-order valence-electron chi connectivity index (χ3n) is 4.28. The van der Waals surface area contributed by atoms with E-state index in [0.717, 1.165) is 12.0 Å². The molecule has 6 heteroatoms. The summed E-state index contributed by atoms with van der Waals surface area (Å²) in [6, 6.07) is 20.9. The molecule has 2 aromatic carbocycles. The van der Waals surface area contributed by atoms with Crippen molar-refractivity contribution < 1.29 is 9.32 Å². The number of aryl methyl sites for hydroxylation is 2. The molecule has 28 heavy (non-hydrogen) atoms. The Balaban J connectivity index is 1.39. The van der Waals surface area contributed by atoms with E-state index in [0.29, 0.717) is 29.4 Å². The maximum absolute atomic E-state index is 12.2. The Morgan fingerprint density at radius 1 is 0.893 bits per heavy atom. The van der Waals surface area contributed by atoms with E-state index in [9.17, 15) is 4.79 Å². The van der Waals surface area contributed by atoms with E-state index in [1.807, 2.05) is 42.5 Å². The van der Waals surface area contributed by atoms with Gasteiger partial charge in [0.15, 0.2) is 0 Å². The SMILES string of the molecule is O=C(Nc1ccc(-c2noc(CCc3ccccc3)n2)cc1)c1ccncc1. The lowest BCUT2D eigenvalue weighted by Crippen LogP contribution is -2.11. The summed E-state index contributed by atoms with van der Waals surface area (Å²) in [5.41, 5.74) is 3.31. The highest BCUT2D eigenvalue weighted by atomic mass is 16.5. The third-order valence-corrected chi connectivity index (χ3v) is 4.28. The smallest absolute Gasteiger partial charge is 0.255 e. The van der Waals surface area contributed by atoms with Gasteiger partial charge < -0.3 is 9.84 Å². The van der Waals surface area contributed by atoms with Gasteiger partial charge in [0.2, 0.25) is 11.7 Å². The van der Waals surface area contributed by atoms with Crippen molar-refractivity contribution in [2.24, 2.45) is 0 Å². The predicted molar refractivity (Wildman–Crippen MR) is 106 cm³/mol. The van der Waals surface area contributed by atoms with Crippen LogP contribution in [0.3, 0.4) is 0 Å². The first-order valence-electron chi connectivity index (χ1n) is 8.96. The highest BCUT2D eigenvalue weighted by molar-refractivity contribution is 6.04. The fraction of sp³-hybridized carbons (Fsp3) is 0.0909. The molecule has 0 bridgehead atoms. The molecule has 0 spiro atoms. The fourth-order valence-corrected chi connectivity index (χ4v) is 2.78. The van der Waals surface area contributed by atoms with Crippen LogP contribution in [0.1, 0.15) is 21.8 Å². The van der Waals surface area contributed by atoms with Crippen LogP contribution in [0.4, 0.5) is 5.69 Å². The lowest BCUT2D eigenvalue weighted by atomic mass is 10.1. The number of benzene rings is 2. The second kappa shape index (κ2) is 8.26. The predicted octanol–water partition coefficient (Wildman–Crippen LogP) is 4.17. The molecule has 0 atom stereocenters. The average molecular weight is 370 g/mol. The highest BCUT2D eigenvalue weighted by Crippen LogP contribution is 2.19. The monoisotopic (exact) mass is 370 g/mol. The highest BCUT2D eigenvalue weighted by Gasteiger charge is 2.10. The zero-order valence-corrected chi connectivity index (χ0v) is 15.1. The summed E-state index contributed by atoms with van der Waals surface area (Å²) in [7, 11) is 0. The van der Waals surface area contributed by atoms with E-state index in [1.54, 1.807) is 24.5 Å². The molecule has 0 fully saturated rings. The van der Waals surface area contributed by atoms with Gasteiger partial charge in [0.05, 0.1) is 0 Å². The van der Waals surface area contributed by atoms with Crippen molar-refractivity contribution in [1.82, 2.24) is 15.1 Å². The summed E-state index contributed by atoms with van der Waals surface area (Å²) in [5.74, 6) is 0.960. The van der Waals surface area contributed by atoms with Gasteiger partial charge in [0, 0.05) is 35.6 Å². The van der Waals surface area contributed by atoms with Crippen molar-refractivity contribution in [2.75, 3.05) is 5.32 Å². The molecule has 1 amide bonds. The van der Waals surface area contributed by atoms with Crippen LogP contribution in [0.2, 0.25) is 0 Å². The Bertz CT molecular complexity index is 1040. The van der Waals surface area contributed by atoms with Gasteiger partial charge in [0.1, 0.15) is 0 Å². The summed E-state index contributed by atoms with van der Waals surface area (Å²) >= 11 is 0. The molecule has 6 nitrogen and oxygen atoms in total.